The van der Waals surface area contributed by atoms with E-state index in [9.17, 15) is 9.50 Å². The molecule has 1 fully saturated rings. The van der Waals surface area contributed by atoms with Gasteiger partial charge in [-0.05, 0) is 43.4 Å². The SMILES string of the molecule is Cc1ccc(F)cc1-c1noc(C(O)C2CCCCC2)n1. The maximum Gasteiger partial charge on any atom is 0.256 e. The van der Waals surface area contributed by atoms with Gasteiger partial charge < -0.3 is 9.63 Å². The maximum atomic E-state index is 13.4. The summed E-state index contributed by atoms with van der Waals surface area (Å²) in [4.78, 5) is 4.26. The van der Waals surface area contributed by atoms with E-state index in [2.05, 4.69) is 10.1 Å². The van der Waals surface area contributed by atoms with Crippen molar-refractivity contribution in [1.82, 2.24) is 10.1 Å². The Morgan fingerprint density at radius 3 is 2.81 bits per heavy atom. The van der Waals surface area contributed by atoms with E-state index in [0.29, 0.717) is 11.4 Å². The Hall–Kier alpha value is -1.75. The zero-order valence-electron chi connectivity index (χ0n) is 12.1. The average Bonchev–Trinajstić information content (AvgIpc) is 2.99. The first-order valence-corrected chi connectivity index (χ1v) is 7.43. The van der Waals surface area contributed by atoms with Crippen LogP contribution in [0.2, 0.25) is 0 Å². The van der Waals surface area contributed by atoms with E-state index in [0.717, 1.165) is 31.2 Å². The molecule has 112 valence electrons. The fourth-order valence-electron chi connectivity index (χ4n) is 2.95. The lowest BCUT2D eigenvalue weighted by molar-refractivity contribution is 0.0552. The Kier molecular flexibility index (Phi) is 4.01. The van der Waals surface area contributed by atoms with Crippen LogP contribution in [0.5, 0.6) is 0 Å². The molecule has 5 heteroatoms. The van der Waals surface area contributed by atoms with Gasteiger partial charge in [0.1, 0.15) is 11.9 Å². The van der Waals surface area contributed by atoms with Crippen LogP contribution < -0.4 is 0 Å². The molecule has 1 aromatic heterocycles. The summed E-state index contributed by atoms with van der Waals surface area (Å²) in [7, 11) is 0. The standard InChI is InChI=1S/C16H19FN2O2/c1-10-7-8-12(17)9-13(10)15-18-16(21-19-15)14(20)11-5-3-2-4-6-11/h7-9,11,14,20H,2-6H2,1H3. The second-order valence-electron chi connectivity index (χ2n) is 5.76. The summed E-state index contributed by atoms with van der Waals surface area (Å²) >= 11 is 0. The zero-order valence-corrected chi connectivity index (χ0v) is 12.1. The minimum absolute atomic E-state index is 0.181. The van der Waals surface area contributed by atoms with Crippen LogP contribution in [0.3, 0.4) is 0 Å². The van der Waals surface area contributed by atoms with Gasteiger partial charge in [0.25, 0.3) is 5.89 Å². The number of aliphatic hydroxyl groups excluding tert-OH is 1. The predicted molar refractivity (Wildman–Crippen MR) is 76.0 cm³/mol. The quantitative estimate of drug-likeness (QED) is 0.934. The Labute approximate surface area is 123 Å². The highest BCUT2D eigenvalue weighted by molar-refractivity contribution is 5.59. The number of aryl methyl sites for hydroxylation is 1. The van der Waals surface area contributed by atoms with Gasteiger partial charge in [-0.2, -0.15) is 4.98 Å². The summed E-state index contributed by atoms with van der Waals surface area (Å²) in [6, 6.07) is 4.46. The van der Waals surface area contributed by atoms with Crippen molar-refractivity contribution in [2.45, 2.75) is 45.1 Å². The zero-order chi connectivity index (χ0) is 14.8. The van der Waals surface area contributed by atoms with Gasteiger partial charge >= 0.3 is 0 Å². The molecule has 1 atom stereocenters. The highest BCUT2D eigenvalue weighted by atomic mass is 19.1. The van der Waals surface area contributed by atoms with Gasteiger partial charge in [-0.15, -0.1) is 0 Å². The highest BCUT2D eigenvalue weighted by Gasteiger charge is 2.28. The second-order valence-corrected chi connectivity index (χ2v) is 5.76. The van der Waals surface area contributed by atoms with E-state index in [-0.39, 0.29) is 17.6 Å². The number of nitrogens with zero attached hydrogens (tertiary/aromatic N) is 2. The van der Waals surface area contributed by atoms with E-state index >= 15 is 0 Å². The first-order chi connectivity index (χ1) is 10.1. The van der Waals surface area contributed by atoms with Gasteiger partial charge in [-0.3, -0.25) is 0 Å². The molecule has 1 unspecified atom stereocenters. The monoisotopic (exact) mass is 290 g/mol. The van der Waals surface area contributed by atoms with Crippen molar-refractivity contribution in [2.75, 3.05) is 0 Å². The summed E-state index contributed by atoms with van der Waals surface area (Å²) in [5, 5.41) is 14.3. The van der Waals surface area contributed by atoms with Crippen LogP contribution in [0.15, 0.2) is 22.7 Å². The van der Waals surface area contributed by atoms with Gasteiger partial charge in [0.05, 0.1) is 0 Å². The third kappa shape index (κ3) is 2.97. The molecular weight excluding hydrogens is 271 g/mol. The molecule has 21 heavy (non-hydrogen) atoms. The van der Waals surface area contributed by atoms with Crippen LogP contribution in [-0.4, -0.2) is 15.2 Å². The number of halogens is 1. The van der Waals surface area contributed by atoms with Gasteiger partial charge in [0.15, 0.2) is 0 Å². The van der Waals surface area contributed by atoms with E-state index < -0.39 is 6.10 Å². The number of hydrogen-bond donors (Lipinski definition) is 1. The third-order valence-electron chi connectivity index (χ3n) is 4.23. The summed E-state index contributed by atoms with van der Waals surface area (Å²) in [5.74, 6) is 0.410. The Morgan fingerprint density at radius 2 is 2.05 bits per heavy atom. The summed E-state index contributed by atoms with van der Waals surface area (Å²) < 4.78 is 18.5. The molecule has 0 saturated heterocycles. The molecule has 0 spiro atoms. The van der Waals surface area contributed by atoms with E-state index in [1.54, 1.807) is 6.07 Å². The Bertz CT molecular complexity index is 620. The van der Waals surface area contributed by atoms with Crippen LogP contribution in [0.4, 0.5) is 4.39 Å². The Morgan fingerprint density at radius 1 is 1.29 bits per heavy atom. The van der Waals surface area contributed by atoms with E-state index in [4.69, 9.17) is 4.52 Å². The van der Waals surface area contributed by atoms with E-state index in [1.807, 2.05) is 6.92 Å². The van der Waals surface area contributed by atoms with Gasteiger partial charge in [-0.1, -0.05) is 30.5 Å². The van der Waals surface area contributed by atoms with Crippen LogP contribution in [0.1, 0.15) is 49.7 Å². The minimum Gasteiger partial charge on any atom is -0.383 e. The summed E-state index contributed by atoms with van der Waals surface area (Å²) in [6.07, 6.45) is 4.73. The lowest BCUT2D eigenvalue weighted by Crippen LogP contribution is -2.16. The number of hydrogen-bond acceptors (Lipinski definition) is 4. The van der Waals surface area contributed by atoms with E-state index in [1.165, 1.54) is 18.6 Å². The molecule has 0 bridgehead atoms. The van der Waals surface area contributed by atoms with Crippen LogP contribution >= 0.6 is 0 Å². The first kappa shape index (κ1) is 14.2. The van der Waals surface area contributed by atoms with Gasteiger partial charge in [0.2, 0.25) is 5.82 Å². The van der Waals surface area contributed by atoms with Crippen molar-refractivity contribution < 1.29 is 14.0 Å². The van der Waals surface area contributed by atoms with Crippen molar-refractivity contribution in [3.05, 3.63) is 35.5 Å². The van der Waals surface area contributed by atoms with Crippen LogP contribution in [0, 0.1) is 18.7 Å². The molecule has 1 saturated carbocycles. The normalized spacial score (nSPS) is 17.9. The van der Waals surface area contributed by atoms with Crippen molar-refractivity contribution in [1.29, 1.82) is 0 Å². The third-order valence-corrected chi connectivity index (χ3v) is 4.23. The van der Waals surface area contributed by atoms with Crippen molar-refractivity contribution in [3.63, 3.8) is 0 Å². The lowest BCUT2D eigenvalue weighted by atomic mass is 9.85. The predicted octanol–water partition coefficient (Wildman–Crippen LogP) is 3.80. The molecule has 0 aliphatic heterocycles. The maximum absolute atomic E-state index is 13.4. The molecule has 0 radical (unpaired) electrons. The topological polar surface area (TPSA) is 59.2 Å². The molecule has 1 heterocycles. The van der Waals surface area contributed by atoms with Crippen LogP contribution in [0.25, 0.3) is 11.4 Å². The lowest BCUT2D eigenvalue weighted by Gasteiger charge is -2.23. The number of rotatable bonds is 3. The molecule has 3 rings (SSSR count). The Balaban J connectivity index is 1.84. The smallest absolute Gasteiger partial charge is 0.256 e. The largest absolute Gasteiger partial charge is 0.383 e. The minimum atomic E-state index is -0.722. The molecule has 1 N–H and O–H groups in total. The molecule has 4 nitrogen and oxygen atoms in total. The molecule has 1 aromatic carbocycles. The number of benzene rings is 1. The summed E-state index contributed by atoms with van der Waals surface area (Å²) in [5.41, 5.74) is 1.47. The highest BCUT2D eigenvalue weighted by Crippen LogP contribution is 2.34. The fourth-order valence-corrected chi connectivity index (χ4v) is 2.95. The molecule has 0 amide bonds. The van der Waals surface area contributed by atoms with Crippen molar-refractivity contribution in [2.24, 2.45) is 5.92 Å². The molecule has 2 aromatic rings. The van der Waals surface area contributed by atoms with Gasteiger partial charge in [-0.25, -0.2) is 4.39 Å². The average molecular weight is 290 g/mol. The van der Waals surface area contributed by atoms with Crippen molar-refractivity contribution in [3.8, 4) is 11.4 Å². The fraction of sp³-hybridized carbons (Fsp3) is 0.500. The number of aliphatic hydroxyl groups is 1. The molecular formula is C16H19FN2O2. The first-order valence-electron chi connectivity index (χ1n) is 7.43. The van der Waals surface area contributed by atoms with Crippen molar-refractivity contribution >= 4 is 0 Å². The summed E-state index contributed by atoms with van der Waals surface area (Å²) in [6.45, 7) is 1.86. The second kappa shape index (κ2) is 5.93. The molecule has 1 aliphatic rings. The molecule has 1 aliphatic carbocycles. The van der Waals surface area contributed by atoms with Gasteiger partial charge in [0, 0.05) is 5.56 Å². The van der Waals surface area contributed by atoms with Crippen LogP contribution in [-0.2, 0) is 0 Å². The number of aromatic nitrogens is 2.